The predicted octanol–water partition coefficient (Wildman–Crippen LogP) is 1.40. The molecule has 5 N–H and O–H groups in total. The Hall–Kier alpha value is -4.26. The van der Waals surface area contributed by atoms with Crippen LogP contribution in [0.5, 0.6) is 0 Å². The molecule has 0 aromatic carbocycles. The molecule has 0 saturated heterocycles. The second-order valence-corrected chi connectivity index (χ2v) is 10.8. The minimum absolute atomic E-state index is 0.0671. The van der Waals surface area contributed by atoms with E-state index in [0.717, 1.165) is 9.75 Å². The number of aromatic nitrogens is 3. The van der Waals surface area contributed by atoms with E-state index in [1.165, 1.54) is 11.1 Å². The van der Waals surface area contributed by atoms with Gasteiger partial charge in [0, 0.05) is 42.9 Å². The van der Waals surface area contributed by atoms with Gasteiger partial charge in [0.15, 0.2) is 5.69 Å². The molecule has 39 heavy (non-hydrogen) atoms. The number of carbonyl (C=O) groups excluding carboxylic acids is 4. The number of aromatic amines is 1. The van der Waals surface area contributed by atoms with E-state index in [9.17, 15) is 19.2 Å². The number of rotatable bonds is 3. The van der Waals surface area contributed by atoms with Gasteiger partial charge in [-0.05, 0) is 43.2 Å². The zero-order valence-corrected chi connectivity index (χ0v) is 22.9. The van der Waals surface area contributed by atoms with Crippen LogP contribution in [0.2, 0.25) is 0 Å². The fourth-order valence-electron chi connectivity index (χ4n) is 4.03. The second-order valence-electron chi connectivity index (χ2n) is 9.50. The number of hydrogen-bond acceptors (Lipinski definition) is 8. The summed E-state index contributed by atoms with van der Waals surface area (Å²) >= 11 is 1.58. The van der Waals surface area contributed by atoms with Crippen LogP contribution < -0.4 is 21.3 Å². The molecule has 13 heteroatoms. The highest BCUT2D eigenvalue weighted by Gasteiger charge is 2.27. The Bertz CT molecular complexity index is 1350. The van der Waals surface area contributed by atoms with E-state index >= 15 is 0 Å². The summed E-state index contributed by atoms with van der Waals surface area (Å²) in [5.74, 6) is -1.87. The van der Waals surface area contributed by atoms with Gasteiger partial charge in [-0.2, -0.15) is 5.10 Å². The molecule has 0 fully saturated rings. The highest BCUT2D eigenvalue weighted by molar-refractivity contribution is 7.15. The van der Waals surface area contributed by atoms with Crippen LogP contribution in [0.25, 0.3) is 10.6 Å². The van der Waals surface area contributed by atoms with Gasteiger partial charge in [-0.3, -0.25) is 29.3 Å². The van der Waals surface area contributed by atoms with Crippen LogP contribution in [0.4, 0.5) is 5.69 Å². The number of thiophene rings is 1. The fourth-order valence-corrected chi connectivity index (χ4v) is 4.86. The average molecular weight is 553 g/mol. The third-order valence-corrected chi connectivity index (χ3v) is 7.14. The molecule has 206 valence electrons. The molecule has 3 aromatic rings. The molecule has 0 unspecified atom stereocenters. The Morgan fingerprint density at radius 3 is 2.59 bits per heavy atom. The molecule has 0 radical (unpaired) electrons. The van der Waals surface area contributed by atoms with Crippen molar-refractivity contribution in [1.82, 2.24) is 36.0 Å². The summed E-state index contributed by atoms with van der Waals surface area (Å²) in [5.41, 5.74) is 1.69. The van der Waals surface area contributed by atoms with Crippen LogP contribution in [-0.4, -0.2) is 82.5 Å². The summed E-state index contributed by atoms with van der Waals surface area (Å²) in [7, 11) is 0. The van der Waals surface area contributed by atoms with E-state index < -0.39 is 23.8 Å². The van der Waals surface area contributed by atoms with Crippen molar-refractivity contribution in [3.8, 4) is 10.6 Å². The van der Waals surface area contributed by atoms with E-state index in [4.69, 9.17) is 0 Å². The minimum Gasteiger partial charge on any atom is -0.383 e. The minimum atomic E-state index is -0.817. The molecule has 1 aliphatic heterocycles. The number of carbonyl (C=O) groups is 4. The van der Waals surface area contributed by atoms with E-state index in [1.807, 2.05) is 32.9 Å². The highest BCUT2D eigenvalue weighted by atomic mass is 32.1. The Kier molecular flexibility index (Phi) is 8.92. The van der Waals surface area contributed by atoms with Crippen molar-refractivity contribution in [3.05, 3.63) is 52.8 Å². The maximum atomic E-state index is 13.4. The van der Waals surface area contributed by atoms with Gasteiger partial charge in [0.25, 0.3) is 11.8 Å². The third-order valence-electron chi connectivity index (χ3n) is 6.11. The van der Waals surface area contributed by atoms with E-state index in [1.54, 1.807) is 29.5 Å². The quantitative estimate of drug-likeness (QED) is 0.328. The maximum Gasteiger partial charge on any atom is 0.274 e. The van der Waals surface area contributed by atoms with Gasteiger partial charge in [-0.25, -0.2) is 0 Å². The van der Waals surface area contributed by atoms with E-state index in [0.29, 0.717) is 24.5 Å². The topological polar surface area (TPSA) is 161 Å². The summed E-state index contributed by atoms with van der Waals surface area (Å²) < 4.78 is 0. The van der Waals surface area contributed by atoms with Crippen molar-refractivity contribution in [2.45, 2.75) is 26.8 Å². The Morgan fingerprint density at radius 1 is 1.05 bits per heavy atom. The number of nitrogens with one attached hydrogen (secondary N) is 5. The molecule has 0 saturated carbocycles. The normalized spacial score (nSPS) is 17.6. The molecular weight excluding hydrogens is 520 g/mol. The number of amides is 4. The summed E-state index contributed by atoms with van der Waals surface area (Å²) in [6, 6.07) is 8.06. The number of fused-ring (bicyclic) bond motifs is 2. The first-order valence-corrected chi connectivity index (χ1v) is 13.5. The van der Waals surface area contributed by atoms with Gasteiger partial charge in [-0.15, -0.1) is 11.3 Å². The summed E-state index contributed by atoms with van der Waals surface area (Å²) in [6.07, 6.45) is 1.50. The molecule has 4 amide bonds. The average Bonchev–Trinajstić information content (AvgIpc) is 3.57. The SMILES string of the molecule is Cc1ccc(-c2cc(C(=O)N3CCNC(=O)[C@H](C(C)C)NC(=O)c4cc(ccn4)NCCNC(=O)C3)n[nH]2)s1. The van der Waals surface area contributed by atoms with Gasteiger partial charge < -0.3 is 26.2 Å². The highest BCUT2D eigenvalue weighted by Crippen LogP contribution is 2.26. The lowest BCUT2D eigenvalue weighted by molar-refractivity contribution is -0.124. The molecule has 4 rings (SSSR count). The predicted molar refractivity (Wildman–Crippen MR) is 147 cm³/mol. The van der Waals surface area contributed by atoms with Gasteiger partial charge in [-0.1, -0.05) is 13.8 Å². The van der Waals surface area contributed by atoms with Crippen molar-refractivity contribution < 1.29 is 19.2 Å². The van der Waals surface area contributed by atoms with Gasteiger partial charge in [0.1, 0.15) is 11.7 Å². The summed E-state index contributed by atoms with van der Waals surface area (Å²) in [4.78, 5) is 59.4. The third kappa shape index (κ3) is 7.19. The Labute approximate surface area is 230 Å². The monoisotopic (exact) mass is 552 g/mol. The number of pyridine rings is 1. The number of anilines is 1. The molecule has 4 heterocycles. The van der Waals surface area contributed by atoms with Crippen molar-refractivity contribution in [2.24, 2.45) is 5.92 Å². The number of hydrogen-bond donors (Lipinski definition) is 5. The lowest BCUT2D eigenvalue weighted by Gasteiger charge is -2.24. The Balaban J connectivity index is 1.52. The van der Waals surface area contributed by atoms with Crippen molar-refractivity contribution in [2.75, 3.05) is 38.0 Å². The van der Waals surface area contributed by atoms with E-state index in [2.05, 4.69) is 36.4 Å². The fraction of sp³-hybridized carbons (Fsp3) is 0.385. The molecule has 2 bridgehead atoms. The molecule has 0 spiro atoms. The zero-order chi connectivity index (χ0) is 27.9. The van der Waals surface area contributed by atoms with E-state index in [-0.39, 0.29) is 42.8 Å². The van der Waals surface area contributed by atoms with Crippen LogP contribution in [0.3, 0.4) is 0 Å². The standard InChI is InChI=1S/C26H32N8O4S/c1-15(2)23-25(37)30-10-11-34(26(38)20-13-18(32-33-20)21-5-4-16(3)39-21)14-22(35)29-9-8-27-17-6-7-28-19(12-17)24(36)31-23/h4-7,12-13,15,23,27H,8-11,14H2,1-3H3,(H,29,35)(H,30,37)(H,31,36)(H,32,33)/t23-/m0/s1. The second kappa shape index (κ2) is 12.5. The number of nitrogens with zero attached hydrogens (tertiary/aromatic N) is 3. The Morgan fingerprint density at radius 2 is 1.85 bits per heavy atom. The van der Waals surface area contributed by atoms with Crippen molar-refractivity contribution >= 4 is 40.7 Å². The molecule has 12 nitrogen and oxygen atoms in total. The summed E-state index contributed by atoms with van der Waals surface area (Å²) in [5, 5.41) is 18.5. The zero-order valence-electron chi connectivity index (χ0n) is 22.0. The number of H-pyrrole nitrogens is 1. The molecule has 1 aliphatic rings. The van der Waals surface area contributed by atoms with Crippen molar-refractivity contribution in [3.63, 3.8) is 0 Å². The molecule has 1 atom stereocenters. The van der Waals surface area contributed by atoms with Crippen LogP contribution in [0, 0.1) is 12.8 Å². The molecule has 0 aliphatic carbocycles. The maximum absolute atomic E-state index is 13.4. The van der Waals surface area contributed by atoms with Crippen LogP contribution in [0.15, 0.2) is 36.5 Å². The smallest absolute Gasteiger partial charge is 0.274 e. The largest absolute Gasteiger partial charge is 0.383 e. The van der Waals surface area contributed by atoms with Crippen LogP contribution in [-0.2, 0) is 9.59 Å². The van der Waals surface area contributed by atoms with Crippen LogP contribution >= 0.6 is 11.3 Å². The molecule has 3 aromatic heterocycles. The van der Waals surface area contributed by atoms with Gasteiger partial charge >= 0.3 is 0 Å². The summed E-state index contributed by atoms with van der Waals surface area (Å²) in [6.45, 7) is 6.26. The first-order chi connectivity index (χ1) is 18.7. The lowest BCUT2D eigenvalue weighted by Crippen LogP contribution is -2.51. The molecular formula is C26H32N8O4S. The van der Waals surface area contributed by atoms with Crippen molar-refractivity contribution in [1.29, 1.82) is 0 Å². The van der Waals surface area contributed by atoms with Gasteiger partial charge in [0.2, 0.25) is 11.8 Å². The first kappa shape index (κ1) is 27.8. The lowest BCUT2D eigenvalue weighted by atomic mass is 10.0. The first-order valence-electron chi connectivity index (χ1n) is 12.7. The van der Waals surface area contributed by atoms with Gasteiger partial charge in [0.05, 0.1) is 17.1 Å². The van der Waals surface area contributed by atoms with Crippen LogP contribution in [0.1, 0.15) is 39.7 Å². The number of aryl methyl sites for hydroxylation is 1.